The van der Waals surface area contributed by atoms with Gasteiger partial charge in [0.1, 0.15) is 5.75 Å². The van der Waals surface area contributed by atoms with Crippen LogP contribution in [0.1, 0.15) is 15.9 Å². The summed E-state index contributed by atoms with van der Waals surface area (Å²) in [6.07, 6.45) is 3.07. The van der Waals surface area contributed by atoms with Crippen molar-refractivity contribution >= 4 is 27.7 Å². The molecule has 0 bridgehead atoms. The topological polar surface area (TPSA) is 85.2 Å². The van der Waals surface area contributed by atoms with E-state index in [4.69, 9.17) is 4.74 Å². The molecule has 0 aliphatic heterocycles. The third-order valence-corrected chi connectivity index (χ3v) is 4.11. The fourth-order valence-electron chi connectivity index (χ4n) is 2.25. The number of hydrazine groups is 1. The Morgan fingerprint density at radius 3 is 2.52 bits per heavy atom. The number of carbonyl (C=O) groups excluding carboxylic acids is 2. The molecular weight excluding hydrogens is 412 g/mol. The first kappa shape index (κ1) is 18.7. The molecule has 138 valence electrons. The molecule has 3 aromatic rings. The second-order valence-corrected chi connectivity index (χ2v) is 6.57. The average Bonchev–Trinajstić information content (AvgIpc) is 3.15. The molecule has 2 aromatic carbocycles. The number of halogens is 1. The predicted molar refractivity (Wildman–Crippen MR) is 103 cm³/mol. The van der Waals surface area contributed by atoms with E-state index >= 15 is 0 Å². The van der Waals surface area contributed by atoms with Gasteiger partial charge in [0.05, 0.1) is 18.3 Å². The average molecular weight is 429 g/mol. The minimum atomic E-state index is -0.469. The third kappa shape index (κ3) is 5.68. The van der Waals surface area contributed by atoms with Crippen LogP contribution in [0, 0.1) is 0 Å². The van der Waals surface area contributed by atoms with Crippen molar-refractivity contribution in [1.29, 1.82) is 0 Å². The minimum Gasteiger partial charge on any atom is -0.484 e. The van der Waals surface area contributed by atoms with Crippen molar-refractivity contribution in [3.63, 3.8) is 0 Å². The summed E-state index contributed by atoms with van der Waals surface area (Å²) in [6, 6.07) is 16.9. The van der Waals surface area contributed by atoms with Crippen molar-refractivity contribution in [2.75, 3.05) is 6.61 Å². The highest BCUT2D eigenvalue weighted by atomic mass is 79.9. The minimum absolute atomic E-state index is 0.213. The summed E-state index contributed by atoms with van der Waals surface area (Å²) < 4.78 is 7.90. The van der Waals surface area contributed by atoms with Crippen molar-refractivity contribution in [2.24, 2.45) is 0 Å². The number of amides is 2. The van der Waals surface area contributed by atoms with Gasteiger partial charge in [-0.1, -0.05) is 46.3 Å². The zero-order valence-electron chi connectivity index (χ0n) is 14.3. The van der Waals surface area contributed by atoms with Gasteiger partial charge in [-0.2, -0.15) is 5.10 Å². The zero-order chi connectivity index (χ0) is 19.1. The summed E-state index contributed by atoms with van der Waals surface area (Å²) in [5, 5.41) is 4.16. The zero-order valence-corrected chi connectivity index (χ0v) is 15.8. The highest BCUT2D eigenvalue weighted by Crippen LogP contribution is 2.15. The first-order chi connectivity index (χ1) is 13.1. The lowest BCUT2D eigenvalue weighted by molar-refractivity contribution is -0.123. The van der Waals surface area contributed by atoms with Crippen molar-refractivity contribution < 1.29 is 14.3 Å². The first-order valence-electron chi connectivity index (χ1n) is 8.14. The van der Waals surface area contributed by atoms with E-state index < -0.39 is 11.8 Å². The molecule has 1 heterocycles. The van der Waals surface area contributed by atoms with Gasteiger partial charge >= 0.3 is 0 Å². The van der Waals surface area contributed by atoms with E-state index in [1.807, 2.05) is 42.5 Å². The normalized spacial score (nSPS) is 10.3. The molecule has 0 atom stereocenters. The summed E-state index contributed by atoms with van der Waals surface area (Å²) in [4.78, 5) is 23.9. The molecule has 27 heavy (non-hydrogen) atoms. The molecule has 0 aliphatic rings. The Labute approximate surface area is 164 Å². The van der Waals surface area contributed by atoms with E-state index in [2.05, 4.69) is 31.9 Å². The highest BCUT2D eigenvalue weighted by molar-refractivity contribution is 9.10. The van der Waals surface area contributed by atoms with Gasteiger partial charge in [-0.05, 0) is 29.8 Å². The van der Waals surface area contributed by atoms with Crippen molar-refractivity contribution in [3.05, 3.63) is 82.6 Å². The van der Waals surface area contributed by atoms with Gasteiger partial charge in [0.15, 0.2) is 6.61 Å². The fourth-order valence-corrected chi connectivity index (χ4v) is 2.52. The van der Waals surface area contributed by atoms with E-state index in [9.17, 15) is 9.59 Å². The second-order valence-electron chi connectivity index (χ2n) is 5.66. The quantitative estimate of drug-likeness (QED) is 0.590. The van der Waals surface area contributed by atoms with Gasteiger partial charge in [0.25, 0.3) is 11.8 Å². The lowest BCUT2D eigenvalue weighted by Gasteiger charge is -2.08. The Kier molecular flexibility index (Phi) is 6.22. The van der Waals surface area contributed by atoms with Crippen molar-refractivity contribution in [1.82, 2.24) is 20.6 Å². The van der Waals surface area contributed by atoms with Crippen LogP contribution in [0.4, 0.5) is 0 Å². The molecule has 0 spiro atoms. The maximum atomic E-state index is 12.1. The Morgan fingerprint density at radius 1 is 1.04 bits per heavy atom. The lowest BCUT2D eigenvalue weighted by atomic mass is 10.2. The molecule has 0 saturated heterocycles. The number of aromatic nitrogens is 2. The van der Waals surface area contributed by atoms with Crippen LogP contribution in [0.5, 0.6) is 5.75 Å². The number of benzene rings is 2. The fraction of sp³-hybridized carbons (Fsp3) is 0.105. The van der Waals surface area contributed by atoms with E-state index in [1.54, 1.807) is 23.0 Å². The van der Waals surface area contributed by atoms with Gasteiger partial charge in [-0.15, -0.1) is 0 Å². The maximum absolute atomic E-state index is 12.1. The Morgan fingerprint density at radius 2 is 1.78 bits per heavy atom. The number of carbonyl (C=O) groups is 2. The molecule has 0 saturated carbocycles. The van der Waals surface area contributed by atoms with Gasteiger partial charge in [-0.25, -0.2) is 0 Å². The number of hydrogen-bond acceptors (Lipinski definition) is 4. The van der Waals surface area contributed by atoms with Gasteiger partial charge in [-0.3, -0.25) is 25.1 Å². The summed E-state index contributed by atoms with van der Waals surface area (Å²) >= 11 is 3.32. The van der Waals surface area contributed by atoms with Crippen molar-refractivity contribution in [2.45, 2.75) is 6.54 Å². The van der Waals surface area contributed by atoms with Gasteiger partial charge in [0.2, 0.25) is 0 Å². The van der Waals surface area contributed by atoms with Crippen LogP contribution in [-0.4, -0.2) is 28.2 Å². The van der Waals surface area contributed by atoms with Crippen molar-refractivity contribution in [3.8, 4) is 5.75 Å². The van der Waals surface area contributed by atoms with Gasteiger partial charge in [0, 0.05) is 10.7 Å². The van der Waals surface area contributed by atoms with Crippen LogP contribution >= 0.6 is 15.9 Å². The molecule has 8 heteroatoms. The summed E-state index contributed by atoms with van der Waals surface area (Å²) in [5.41, 5.74) is 6.08. The molecule has 0 fully saturated rings. The third-order valence-electron chi connectivity index (χ3n) is 3.58. The predicted octanol–water partition coefficient (Wildman–Crippen LogP) is 2.53. The van der Waals surface area contributed by atoms with Crippen LogP contribution in [-0.2, 0) is 11.3 Å². The largest absolute Gasteiger partial charge is 0.484 e. The number of rotatable bonds is 6. The van der Waals surface area contributed by atoms with Crippen LogP contribution in [0.3, 0.4) is 0 Å². The SMILES string of the molecule is O=C(COc1ccc(Br)cc1)NNC(=O)c1cnn(Cc2ccccc2)c1. The molecule has 3 rings (SSSR count). The molecule has 2 N–H and O–H groups in total. The lowest BCUT2D eigenvalue weighted by Crippen LogP contribution is -2.43. The molecule has 2 amide bonds. The summed E-state index contributed by atoms with van der Waals surface area (Å²) in [6.45, 7) is 0.344. The monoisotopic (exact) mass is 428 g/mol. The van der Waals surface area contributed by atoms with E-state index in [1.165, 1.54) is 6.20 Å². The Hall–Kier alpha value is -3.13. The molecule has 0 unspecified atom stereocenters. The van der Waals surface area contributed by atoms with Crippen LogP contribution in [0.25, 0.3) is 0 Å². The Balaban J connectivity index is 1.44. The number of hydrogen-bond donors (Lipinski definition) is 2. The number of ether oxygens (including phenoxy) is 1. The molecule has 7 nitrogen and oxygen atoms in total. The summed E-state index contributed by atoms with van der Waals surface area (Å²) in [5.74, 6) is -0.365. The standard InChI is InChI=1S/C19H17BrN4O3/c20-16-6-8-17(9-7-16)27-13-18(25)22-23-19(26)15-10-21-24(12-15)11-14-4-2-1-3-5-14/h1-10,12H,11,13H2,(H,22,25)(H,23,26). The van der Waals surface area contributed by atoms with E-state index in [0.29, 0.717) is 17.9 Å². The van der Waals surface area contributed by atoms with Crippen LogP contribution in [0.15, 0.2) is 71.5 Å². The van der Waals surface area contributed by atoms with Gasteiger partial charge < -0.3 is 4.74 Å². The molecule has 0 radical (unpaired) electrons. The van der Waals surface area contributed by atoms with E-state index in [-0.39, 0.29) is 6.61 Å². The highest BCUT2D eigenvalue weighted by Gasteiger charge is 2.10. The van der Waals surface area contributed by atoms with Crippen LogP contribution in [0.2, 0.25) is 0 Å². The Bertz CT molecular complexity index is 910. The molecular formula is C19H17BrN4O3. The first-order valence-corrected chi connectivity index (χ1v) is 8.93. The smallest absolute Gasteiger partial charge is 0.276 e. The number of nitrogens with zero attached hydrogens (tertiary/aromatic N) is 2. The van der Waals surface area contributed by atoms with Crippen LogP contribution < -0.4 is 15.6 Å². The maximum Gasteiger partial charge on any atom is 0.276 e. The second kappa shape index (κ2) is 9.00. The number of nitrogens with one attached hydrogen (secondary N) is 2. The molecule has 0 aliphatic carbocycles. The van der Waals surface area contributed by atoms with E-state index in [0.717, 1.165) is 10.0 Å². The molecule has 1 aromatic heterocycles. The summed E-state index contributed by atoms with van der Waals surface area (Å²) in [7, 11) is 0.